The van der Waals surface area contributed by atoms with Crippen LogP contribution in [0.2, 0.25) is 0 Å². The van der Waals surface area contributed by atoms with Gasteiger partial charge in [0.1, 0.15) is 5.84 Å². The number of anilines is 1. The number of nitrogens with two attached hydrogens (primary N) is 1. The second-order valence-electron chi connectivity index (χ2n) is 3.51. The van der Waals surface area contributed by atoms with Gasteiger partial charge in [0.05, 0.1) is 0 Å². The highest BCUT2D eigenvalue weighted by Crippen LogP contribution is 2.11. The zero-order chi connectivity index (χ0) is 11.3. The molecule has 1 heterocycles. The summed E-state index contributed by atoms with van der Waals surface area (Å²) in [5.74, 6) is 0.254. The van der Waals surface area contributed by atoms with E-state index in [2.05, 4.69) is 10.1 Å². The van der Waals surface area contributed by atoms with Crippen LogP contribution >= 0.6 is 0 Å². The molecule has 3 N–H and O–H groups in total. The maximum atomic E-state index is 8.52. The first-order valence-corrected chi connectivity index (χ1v) is 4.73. The molecular weight excluding hydrogens is 192 g/mol. The van der Waals surface area contributed by atoms with E-state index in [1.807, 2.05) is 31.0 Å². The van der Waals surface area contributed by atoms with Crippen LogP contribution in [0.1, 0.15) is 6.92 Å². The van der Waals surface area contributed by atoms with E-state index in [9.17, 15) is 0 Å². The molecule has 1 rings (SSSR count). The molecule has 0 aromatic carbocycles. The van der Waals surface area contributed by atoms with Crippen LogP contribution in [-0.2, 0) is 0 Å². The standard InChI is InChI=1S/C10H16N4O/c1-8(10(11)13-15)7-14(2)9-3-5-12-6-4-9/h3-6,8,15H,7H2,1-2H3,(H2,11,13). The summed E-state index contributed by atoms with van der Waals surface area (Å²) in [4.78, 5) is 5.98. The maximum Gasteiger partial charge on any atom is 0.143 e. The summed E-state index contributed by atoms with van der Waals surface area (Å²) in [5.41, 5.74) is 6.56. The van der Waals surface area contributed by atoms with E-state index in [1.54, 1.807) is 12.4 Å². The Hall–Kier alpha value is -1.78. The fourth-order valence-electron chi connectivity index (χ4n) is 1.31. The molecule has 15 heavy (non-hydrogen) atoms. The highest BCUT2D eigenvalue weighted by Gasteiger charge is 2.10. The number of hydrogen-bond donors (Lipinski definition) is 2. The van der Waals surface area contributed by atoms with Crippen molar-refractivity contribution in [2.45, 2.75) is 6.92 Å². The van der Waals surface area contributed by atoms with E-state index < -0.39 is 0 Å². The minimum atomic E-state index is 0.00756. The molecule has 0 saturated heterocycles. The first kappa shape index (κ1) is 11.3. The molecule has 0 radical (unpaired) electrons. The normalized spacial score (nSPS) is 13.6. The second-order valence-corrected chi connectivity index (χ2v) is 3.51. The van der Waals surface area contributed by atoms with Crippen LogP contribution in [0.4, 0.5) is 5.69 Å². The van der Waals surface area contributed by atoms with E-state index in [-0.39, 0.29) is 11.8 Å². The van der Waals surface area contributed by atoms with E-state index in [0.717, 1.165) is 5.69 Å². The summed E-state index contributed by atoms with van der Waals surface area (Å²) < 4.78 is 0. The largest absolute Gasteiger partial charge is 0.409 e. The summed E-state index contributed by atoms with van der Waals surface area (Å²) in [6.45, 7) is 2.60. The number of nitrogens with zero attached hydrogens (tertiary/aromatic N) is 3. The summed E-state index contributed by atoms with van der Waals surface area (Å²) in [5, 5.41) is 11.5. The van der Waals surface area contributed by atoms with Crippen molar-refractivity contribution in [2.75, 3.05) is 18.5 Å². The Morgan fingerprint density at radius 2 is 2.20 bits per heavy atom. The Bertz CT molecular complexity index is 325. The number of pyridine rings is 1. The van der Waals surface area contributed by atoms with Crippen molar-refractivity contribution in [1.29, 1.82) is 0 Å². The number of oxime groups is 1. The Kier molecular flexibility index (Phi) is 3.91. The molecule has 5 nitrogen and oxygen atoms in total. The molecule has 0 fully saturated rings. The summed E-state index contributed by atoms with van der Waals surface area (Å²) in [6, 6.07) is 3.83. The van der Waals surface area contributed by atoms with Gasteiger partial charge in [-0.25, -0.2) is 0 Å². The van der Waals surface area contributed by atoms with Crippen molar-refractivity contribution in [3.05, 3.63) is 24.5 Å². The highest BCUT2D eigenvalue weighted by molar-refractivity contribution is 5.82. The van der Waals surface area contributed by atoms with Crippen LogP contribution in [0, 0.1) is 5.92 Å². The molecule has 0 saturated carbocycles. The molecule has 0 spiro atoms. The van der Waals surface area contributed by atoms with Crippen molar-refractivity contribution in [3.63, 3.8) is 0 Å². The molecule has 0 amide bonds. The Labute approximate surface area is 89.2 Å². The molecule has 1 atom stereocenters. The lowest BCUT2D eigenvalue weighted by atomic mass is 10.1. The van der Waals surface area contributed by atoms with Crippen LogP contribution in [0.25, 0.3) is 0 Å². The minimum absolute atomic E-state index is 0.00756. The van der Waals surface area contributed by atoms with Gasteiger partial charge in [0.15, 0.2) is 0 Å². The average Bonchev–Trinajstić information content (AvgIpc) is 2.29. The lowest BCUT2D eigenvalue weighted by Gasteiger charge is -2.22. The predicted molar refractivity (Wildman–Crippen MR) is 60.1 cm³/mol. The summed E-state index contributed by atoms with van der Waals surface area (Å²) in [7, 11) is 1.95. The highest BCUT2D eigenvalue weighted by atomic mass is 16.4. The predicted octanol–water partition coefficient (Wildman–Crippen LogP) is 0.900. The van der Waals surface area contributed by atoms with Crippen LogP contribution in [0.3, 0.4) is 0 Å². The van der Waals surface area contributed by atoms with Crippen LogP contribution in [-0.4, -0.2) is 29.6 Å². The quantitative estimate of drug-likeness (QED) is 0.333. The minimum Gasteiger partial charge on any atom is -0.409 e. The van der Waals surface area contributed by atoms with Crippen molar-refractivity contribution in [3.8, 4) is 0 Å². The van der Waals surface area contributed by atoms with E-state index in [0.29, 0.717) is 6.54 Å². The van der Waals surface area contributed by atoms with Gasteiger partial charge in [-0.2, -0.15) is 0 Å². The van der Waals surface area contributed by atoms with Crippen LogP contribution in [0.5, 0.6) is 0 Å². The van der Waals surface area contributed by atoms with Gasteiger partial charge in [-0.1, -0.05) is 12.1 Å². The van der Waals surface area contributed by atoms with E-state index in [4.69, 9.17) is 10.9 Å². The zero-order valence-corrected chi connectivity index (χ0v) is 8.96. The van der Waals surface area contributed by atoms with Gasteiger partial charge in [-0.15, -0.1) is 0 Å². The molecule has 5 heteroatoms. The lowest BCUT2D eigenvalue weighted by Crippen LogP contribution is -2.32. The molecule has 0 aliphatic carbocycles. The van der Waals surface area contributed by atoms with Gasteiger partial charge < -0.3 is 15.8 Å². The smallest absolute Gasteiger partial charge is 0.143 e. The van der Waals surface area contributed by atoms with Crippen molar-refractivity contribution < 1.29 is 5.21 Å². The second kappa shape index (κ2) is 5.19. The molecule has 0 bridgehead atoms. The van der Waals surface area contributed by atoms with Crippen molar-refractivity contribution >= 4 is 11.5 Å². The molecule has 1 aromatic heterocycles. The van der Waals surface area contributed by atoms with Gasteiger partial charge in [0.2, 0.25) is 0 Å². The summed E-state index contributed by atoms with van der Waals surface area (Å²) >= 11 is 0. The number of amidine groups is 1. The van der Waals surface area contributed by atoms with Gasteiger partial charge >= 0.3 is 0 Å². The fraction of sp³-hybridized carbons (Fsp3) is 0.400. The zero-order valence-electron chi connectivity index (χ0n) is 8.96. The van der Waals surface area contributed by atoms with Crippen LogP contribution in [0.15, 0.2) is 29.7 Å². The number of hydrogen-bond acceptors (Lipinski definition) is 4. The topological polar surface area (TPSA) is 74.7 Å². The third-order valence-corrected chi connectivity index (χ3v) is 2.27. The van der Waals surface area contributed by atoms with E-state index >= 15 is 0 Å². The third-order valence-electron chi connectivity index (χ3n) is 2.27. The Morgan fingerprint density at radius 3 is 2.73 bits per heavy atom. The molecule has 82 valence electrons. The molecule has 1 aromatic rings. The fourth-order valence-corrected chi connectivity index (χ4v) is 1.31. The monoisotopic (exact) mass is 208 g/mol. The Balaban J connectivity index is 2.60. The van der Waals surface area contributed by atoms with E-state index in [1.165, 1.54) is 0 Å². The van der Waals surface area contributed by atoms with Crippen molar-refractivity contribution in [2.24, 2.45) is 16.8 Å². The average molecular weight is 208 g/mol. The van der Waals surface area contributed by atoms with Gasteiger partial charge in [0.25, 0.3) is 0 Å². The lowest BCUT2D eigenvalue weighted by molar-refractivity contribution is 0.314. The van der Waals surface area contributed by atoms with Crippen LogP contribution < -0.4 is 10.6 Å². The molecule has 0 aliphatic heterocycles. The SMILES string of the molecule is CC(CN(C)c1ccncc1)C(N)=NO. The first-order chi connectivity index (χ1) is 7.15. The number of aromatic nitrogens is 1. The van der Waals surface area contributed by atoms with Gasteiger partial charge in [-0.3, -0.25) is 4.98 Å². The third kappa shape index (κ3) is 3.12. The van der Waals surface area contributed by atoms with Gasteiger partial charge in [0, 0.05) is 37.6 Å². The van der Waals surface area contributed by atoms with Crippen molar-refractivity contribution in [1.82, 2.24) is 4.98 Å². The first-order valence-electron chi connectivity index (χ1n) is 4.73. The molecular formula is C10H16N4O. The summed E-state index contributed by atoms with van der Waals surface area (Å²) in [6.07, 6.45) is 3.47. The molecule has 1 unspecified atom stereocenters. The molecule has 0 aliphatic rings. The number of rotatable bonds is 4. The Morgan fingerprint density at radius 1 is 1.60 bits per heavy atom. The van der Waals surface area contributed by atoms with Gasteiger partial charge in [-0.05, 0) is 12.1 Å². The maximum absolute atomic E-state index is 8.52.